The summed E-state index contributed by atoms with van der Waals surface area (Å²) in [4.78, 5) is 25.7. The SMILES string of the molecule is N#C/C(=N\Nc1cc(S(=O)(=O)Nc2ccccc2Cl)ccc1Cl)C(=O)Nc1sc2c(c1C(N)=O)CCCC2. The molecule has 0 aliphatic heterocycles. The highest BCUT2D eigenvalue weighted by molar-refractivity contribution is 7.92. The second-order valence-corrected chi connectivity index (χ2v) is 11.7. The molecule has 2 aromatic carbocycles. The second-order valence-electron chi connectivity index (χ2n) is 8.14. The minimum atomic E-state index is -4.06. The van der Waals surface area contributed by atoms with Gasteiger partial charge in [0.05, 0.1) is 31.9 Å². The number of carbonyl (C=O) groups excluding carboxylic acids is 2. The molecule has 0 saturated carbocycles. The van der Waals surface area contributed by atoms with Gasteiger partial charge in [0.25, 0.3) is 21.8 Å². The summed E-state index contributed by atoms with van der Waals surface area (Å²) in [6.07, 6.45) is 3.34. The van der Waals surface area contributed by atoms with Gasteiger partial charge < -0.3 is 11.1 Å². The molecule has 0 unspecified atom stereocenters. The first-order chi connectivity index (χ1) is 18.1. The molecule has 2 amide bonds. The lowest BCUT2D eigenvalue weighted by Crippen LogP contribution is -2.24. The highest BCUT2D eigenvalue weighted by atomic mass is 35.5. The van der Waals surface area contributed by atoms with Crippen LogP contribution in [0.15, 0.2) is 52.5 Å². The van der Waals surface area contributed by atoms with Gasteiger partial charge in [-0.15, -0.1) is 11.3 Å². The quantitative estimate of drug-likeness (QED) is 0.218. The van der Waals surface area contributed by atoms with Crippen molar-refractivity contribution >= 4 is 78.5 Å². The lowest BCUT2D eigenvalue weighted by atomic mass is 9.95. The van der Waals surface area contributed by atoms with E-state index in [0.717, 1.165) is 29.7 Å². The van der Waals surface area contributed by atoms with Crippen molar-refractivity contribution in [2.45, 2.75) is 30.6 Å². The number of anilines is 3. The largest absolute Gasteiger partial charge is 0.365 e. The maximum atomic E-state index is 12.9. The van der Waals surface area contributed by atoms with Crippen molar-refractivity contribution in [1.82, 2.24) is 0 Å². The first kappa shape index (κ1) is 27.4. The monoisotopic (exact) mass is 590 g/mol. The molecule has 0 atom stereocenters. The van der Waals surface area contributed by atoms with Gasteiger partial charge in [-0.05, 0) is 61.6 Å². The number of carbonyl (C=O) groups is 2. The zero-order chi connectivity index (χ0) is 27.4. The Hall–Kier alpha value is -3.63. The Labute approximate surface area is 232 Å². The molecule has 5 N–H and O–H groups in total. The molecule has 14 heteroatoms. The van der Waals surface area contributed by atoms with E-state index >= 15 is 0 Å². The van der Waals surface area contributed by atoms with Crippen molar-refractivity contribution < 1.29 is 18.0 Å². The number of para-hydroxylation sites is 1. The molecule has 1 aromatic heterocycles. The van der Waals surface area contributed by atoms with E-state index in [9.17, 15) is 23.3 Å². The fourth-order valence-corrected chi connectivity index (χ4v) is 6.62. The molecule has 0 saturated heterocycles. The summed E-state index contributed by atoms with van der Waals surface area (Å²) in [5, 5.41) is 16.4. The number of nitrogens with zero attached hydrogens (tertiary/aromatic N) is 2. The number of sulfonamides is 1. The van der Waals surface area contributed by atoms with Gasteiger partial charge in [-0.25, -0.2) is 8.42 Å². The van der Waals surface area contributed by atoms with E-state index in [1.54, 1.807) is 18.2 Å². The van der Waals surface area contributed by atoms with Crippen LogP contribution in [0.5, 0.6) is 0 Å². The molecular formula is C24H20Cl2N6O4S2. The second kappa shape index (κ2) is 11.4. The molecule has 0 bridgehead atoms. The van der Waals surface area contributed by atoms with Crippen molar-refractivity contribution in [3.8, 4) is 6.07 Å². The van der Waals surface area contributed by atoms with E-state index in [0.29, 0.717) is 6.42 Å². The molecule has 1 aliphatic rings. The molecule has 1 heterocycles. The van der Waals surface area contributed by atoms with Crippen LogP contribution in [-0.4, -0.2) is 25.9 Å². The Kier molecular flexibility index (Phi) is 8.23. The molecule has 0 fully saturated rings. The molecule has 3 aromatic rings. The third kappa shape index (κ3) is 5.92. The number of nitrogens with two attached hydrogens (primary N) is 1. The maximum absolute atomic E-state index is 12.9. The number of primary amides is 1. The molecule has 38 heavy (non-hydrogen) atoms. The minimum Gasteiger partial charge on any atom is -0.365 e. The van der Waals surface area contributed by atoms with Gasteiger partial charge in [-0.1, -0.05) is 35.3 Å². The number of thiophene rings is 1. The zero-order valence-corrected chi connectivity index (χ0v) is 22.7. The fourth-order valence-electron chi connectivity index (χ4n) is 3.82. The van der Waals surface area contributed by atoms with Crippen LogP contribution in [-0.2, 0) is 27.7 Å². The normalized spacial score (nSPS) is 13.2. The van der Waals surface area contributed by atoms with Crippen LogP contribution in [0.1, 0.15) is 33.6 Å². The number of nitrogens with one attached hydrogen (secondary N) is 3. The van der Waals surface area contributed by atoms with E-state index in [-0.39, 0.29) is 36.9 Å². The molecule has 0 radical (unpaired) electrons. The van der Waals surface area contributed by atoms with Crippen LogP contribution < -0.4 is 21.2 Å². The van der Waals surface area contributed by atoms with Gasteiger partial charge >= 0.3 is 0 Å². The number of amides is 2. The molecule has 196 valence electrons. The lowest BCUT2D eigenvalue weighted by Gasteiger charge is -2.11. The molecular weight excluding hydrogens is 571 g/mol. The Morgan fingerprint density at radius 2 is 1.76 bits per heavy atom. The Morgan fingerprint density at radius 1 is 1.05 bits per heavy atom. The third-order valence-corrected chi connectivity index (χ3v) is 8.85. The Bertz CT molecular complexity index is 1610. The Morgan fingerprint density at radius 3 is 2.47 bits per heavy atom. The van der Waals surface area contributed by atoms with E-state index in [2.05, 4.69) is 20.6 Å². The summed E-state index contributed by atoms with van der Waals surface area (Å²) in [6, 6.07) is 11.8. The number of rotatable bonds is 8. The number of aryl methyl sites for hydroxylation is 1. The zero-order valence-electron chi connectivity index (χ0n) is 19.5. The minimum absolute atomic E-state index is 0.0265. The van der Waals surface area contributed by atoms with Crippen molar-refractivity contribution in [2.24, 2.45) is 10.8 Å². The predicted molar refractivity (Wildman–Crippen MR) is 148 cm³/mol. The van der Waals surface area contributed by atoms with Crippen LogP contribution in [0.2, 0.25) is 10.0 Å². The van der Waals surface area contributed by atoms with E-state index in [1.807, 2.05) is 0 Å². The number of fused-ring (bicyclic) bond motifs is 1. The number of nitriles is 1. The smallest absolute Gasteiger partial charge is 0.287 e. The number of hydrogen-bond acceptors (Lipinski definition) is 8. The summed E-state index contributed by atoms with van der Waals surface area (Å²) in [5.74, 6) is -1.54. The van der Waals surface area contributed by atoms with Crippen molar-refractivity contribution in [3.63, 3.8) is 0 Å². The van der Waals surface area contributed by atoms with Crippen molar-refractivity contribution in [3.05, 3.63) is 68.5 Å². The summed E-state index contributed by atoms with van der Waals surface area (Å²) < 4.78 is 28.1. The fraction of sp³-hybridized carbons (Fsp3) is 0.167. The van der Waals surface area contributed by atoms with Gasteiger partial charge in [0.2, 0.25) is 5.71 Å². The van der Waals surface area contributed by atoms with Crippen LogP contribution >= 0.6 is 34.5 Å². The van der Waals surface area contributed by atoms with Gasteiger partial charge in [0, 0.05) is 4.88 Å². The van der Waals surface area contributed by atoms with Crippen LogP contribution in [0.3, 0.4) is 0 Å². The van der Waals surface area contributed by atoms with E-state index < -0.39 is 27.5 Å². The van der Waals surface area contributed by atoms with Crippen LogP contribution in [0.25, 0.3) is 0 Å². The molecule has 10 nitrogen and oxygen atoms in total. The molecule has 0 spiro atoms. The topological polar surface area (TPSA) is 167 Å². The Balaban J connectivity index is 1.55. The van der Waals surface area contributed by atoms with E-state index in [4.69, 9.17) is 28.9 Å². The first-order valence-corrected chi connectivity index (χ1v) is 14.2. The summed E-state index contributed by atoms with van der Waals surface area (Å²) in [6.45, 7) is 0. The van der Waals surface area contributed by atoms with Crippen molar-refractivity contribution in [1.29, 1.82) is 5.26 Å². The number of halogens is 2. The van der Waals surface area contributed by atoms with Gasteiger partial charge in [0.1, 0.15) is 11.1 Å². The third-order valence-electron chi connectivity index (χ3n) is 5.62. The van der Waals surface area contributed by atoms with Gasteiger partial charge in [0.15, 0.2) is 0 Å². The van der Waals surface area contributed by atoms with E-state index in [1.165, 1.54) is 41.7 Å². The highest BCUT2D eigenvalue weighted by Gasteiger charge is 2.26. The number of hydrogen-bond donors (Lipinski definition) is 4. The van der Waals surface area contributed by atoms with Crippen molar-refractivity contribution in [2.75, 3.05) is 15.5 Å². The van der Waals surface area contributed by atoms with Gasteiger partial charge in [-0.3, -0.25) is 19.7 Å². The average molecular weight is 592 g/mol. The lowest BCUT2D eigenvalue weighted by molar-refractivity contribution is -0.110. The standard InChI is InChI=1S/C24H20Cl2N6O4S2/c25-15-6-2-3-7-17(15)32-38(35,36)13-9-10-16(26)18(11-13)30-31-19(12-27)23(34)29-24-21(22(28)33)14-5-1-4-8-20(14)37-24/h2-3,6-7,9-11,30,32H,1,4-5,8H2,(H2,28,33)(H,29,34)/b31-19+. The van der Waals surface area contributed by atoms with Crippen LogP contribution in [0.4, 0.5) is 16.4 Å². The number of hydrazone groups is 1. The summed E-state index contributed by atoms with van der Waals surface area (Å²) >= 11 is 13.5. The maximum Gasteiger partial charge on any atom is 0.287 e. The molecule has 1 aliphatic carbocycles. The average Bonchev–Trinajstić information content (AvgIpc) is 3.24. The number of benzene rings is 2. The van der Waals surface area contributed by atoms with Crippen LogP contribution in [0, 0.1) is 11.3 Å². The molecule has 4 rings (SSSR count). The predicted octanol–water partition coefficient (Wildman–Crippen LogP) is 4.76. The summed E-state index contributed by atoms with van der Waals surface area (Å²) in [5.41, 5.74) is 8.73. The highest BCUT2D eigenvalue weighted by Crippen LogP contribution is 2.38. The first-order valence-electron chi connectivity index (χ1n) is 11.2. The summed E-state index contributed by atoms with van der Waals surface area (Å²) in [7, 11) is -4.06. The van der Waals surface area contributed by atoms with Gasteiger partial charge in [-0.2, -0.15) is 10.4 Å².